The molecule has 4 aliphatic rings. The van der Waals surface area contributed by atoms with Gasteiger partial charge in [-0.3, -0.25) is 0 Å². The Morgan fingerprint density at radius 1 is 0.939 bits per heavy atom. The Hall–Kier alpha value is -0.300. The molecule has 0 aromatic heterocycles. The molecule has 0 heterocycles. The highest BCUT2D eigenvalue weighted by Crippen LogP contribution is 2.62. The molecule has 4 aliphatic carbocycles. The van der Waals surface area contributed by atoms with E-state index in [4.69, 9.17) is 4.74 Å². The lowest BCUT2D eigenvalue weighted by Crippen LogP contribution is -2.48. The van der Waals surface area contributed by atoms with Crippen LogP contribution in [0.25, 0.3) is 0 Å². The van der Waals surface area contributed by atoms with E-state index < -0.39 is 0 Å². The van der Waals surface area contributed by atoms with E-state index in [2.05, 4.69) is 54.5 Å². The molecule has 3 fully saturated rings. The Morgan fingerprint density at radius 3 is 2.42 bits per heavy atom. The van der Waals surface area contributed by atoms with E-state index >= 15 is 0 Å². The van der Waals surface area contributed by atoms with E-state index in [1.165, 1.54) is 77.0 Å². The number of ether oxygens (including phenoxy) is 1. The zero-order valence-corrected chi connectivity index (χ0v) is 23.3. The maximum Gasteiger partial charge on any atom is 0.0632 e. The van der Waals surface area contributed by atoms with E-state index in [1.54, 1.807) is 5.57 Å². The number of hydrogen-bond acceptors (Lipinski definition) is 1. The summed E-state index contributed by atoms with van der Waals surface area (Å²) >= 11 is 0. The third-order valence-electron chi connectivity index (χ3n) is 10.5. The Balaban J connectivity index is 1.36. The molecule has 4 rings (SSSR count). The zero-order valence-electron chi connectivity index (χ0n) is 23.3. The lowest BCUT2D eigenvalue weighted by atomic mass is 9.50. The molecule has 0 bridgehead atoms. The highest BCUT2D eigenvalue weighted by molar-refractivity contribution is 5.25. The summed E-state index contributed by atoms with van der Waals surface area (Å²) in [6.07, 6.45) is 21.5. The predicted molar refractivity (Wildman–Crippen MR) is 142 cm³/mol. The molecule has 0 saturated heterocycles. The van der Waals surface area contributed by atoms with Crippen molar-refractivity contribution < 1.29 is 4.74 Å². The number of hydrogen-bond donors (Lipinski definition) is 0. The number of allylic oxidation sites excluding steroid dienone is 1. The largest absolute Gasteiger partial charge is 0.372 e. The van der Waals surface area contributed by atoms with Crippen LogP contribution in [0.3, 0.4) is 0 Å². The van der Waals surface area contributed by atoms with Crippen LogP contribution in [0.4, 0.5) is 0 Å². The molecule has 7 atom stereocenters. The van der Waals surface area contributed by atoms with Gasteiger partial charge in [-0.25, -0.2) is 0 Å². The molecule has 33 heavy (non-hydrogen) atoms. The molecular weight excluding hydrogens is 400 g/mol. The highest BCUT2D eigenvalue weighted by atomic mass is 16.5. The van der Waals surface area contributed by atoms with Gasteiger partial charge in [-0.05, 0) is 118 Å². The van der Waals surface area contributed by atoms with Crippen molar-refractivity contribution >= 4 is 0 Å². The van der Waals surface area contributed by atoms with Crippen LogP contribution in [0, 0.1) is 46.8 Å². The first-order valence-corrected chi connectivity index (χ1v) is 15.0. The van der Waals surface area contributed by atoms with Crippen LogP contribution in [0.2, 0.25) is 0 Å². The van der Waals surface area contributed by atoms with Gasteiger partial charge in [0.25, 0.3) is 0 Å². The summed E-state index contributed by atoms with van der Waals surface area (Å²) in [5, 5.41) is 0. The monoisotopic (exact) mass is 456 g/mol. The Kier molecular flexibility index (Phi) is 8.09. The van der Waals surface area contributed by atoms with Gasteiger partial charge in [0.15, 0.2) is 0 Å². The van der Waals surface area contributed by atoms with Gasteiger partial charge in [-0.1, -0.05) is 72.0 Å². The van der Waals surface area contributed by atoms with Crippen molar-refractivity contribution in [2.24, 2.45) is 46.8 Å². The molecule has 0 aromatic rings. The summed E-state index contributed by atoms with van der Waals surface area (Å²) in [7, 11) is 0. The summed E-state index contributed by atoms with van der Waals surface area (Å²) in [4.78, 5) is 0. The first-order chi connectivity index (χ1) is 15.6. The van der Waals surface area contributed by atoms with Crippen LogP contribution in [0.5, 0.6) is 0 Å². The second-order valence-electron chi connectivity index (χ2n) is 14.4. The summed E-state index contributed by atoms with van der Waals surface area (Å²) in [6.45, 7) is 16.7. The number of fused-ring (bicyclic) bond motifs is 5. The molecule has 1 heteroatoms. The topological polar surface area (TPSA) is 9.23 Å². The fourth-order valence-corrected chi connectivity index (χ4v) is 9.30. The van der Waals surface area contributed by atoms with Crippen molar-refractivity contribution in [1.82, 2.24) is 0 Å². The van der Waals surface area contributed by atoms with Gasteiger partial charge in [0, 0.05) is 0 Å². The molecule has 0 radical (unpaired) electrons. The van der Waals surface area contributed by atoms with Crippen LogP contribution >= 0.6 is 0 Å². The number of rotatable bonds is 9. The first kappa shape index (κ1) is 25.8. The summed E-state index contributed by atoms with van der Waals surface area (Å²) < 4.78 is 6.72. The van der Waals surface area contributed by atoms with Gasteiger partial charge >= 0.3 is 0 Å². The van der Waals surface area contributed by atoms with Crippen LogP contribution in [0.15, 0.2) is 11.6 Å². The minimum absolute atomic E-state index is 0.0103. The summed E-state index contributed by atoms with van der Waals surface area (Å²) in [5.74, 6) is 6.64. The van der Waals surface area contributed by atoms with Crippen molar-refractivity contribution in [3.8, 4) is 0 Å². The van der Waals surface area contributed by atoms with Gasteiger partial charge in [-0.2, -0.15) is 0 Å². The smallest absolute Gasteiger partial charge is 0.0632 e. The molecule has 7 unspecified atom stereocenters. The summed E-state index contributed by atoms with van der Waals surface area (Å²) in [6, 6.07) is 0. The standard InChI is InChI=1S/C32H56O/c1-22(2)10-8-9-11-24-12-14-28-27(24)16-17-30-29(28)15-13-25-20-26(18-19-32(25,30)7)33-31(5,6)21-23(3)4/h13,22-24,26-30H,8-12,14-21H2,1-7H3. The van der Waals surface area contributed by atoms with E-state index in [0.29, 0.717) is 17.4 Å². The van der Waals surface area contributed by atoms with E-state index in [1.807, 2.05) is 0 Å². The highest BCUT2D eigenvalue weighted by Gasteiger charge is 2.54. The average molecular weight is 457 g/mol. The van der Waals surface area contributed by atoms with E-state index in [0.717, 1.165) is 41.9 Å². The van der Waals surface area contributed by atoms with Crippen LogP contribution in [0.1, 0.15) is 132 Å². The maximum atomic E-state index is 6.72. The van der Waals surface area contributed by atoms with Crippen molar-refractivity contribution in [3.05, 3.63) is 11.6 Å². The van der Waals surface area contributed by atoms with Crippen molar-refractivity contribution in [1.29, 1.82) is 0 Å². The van der Waals surface area contributed by atoms with E-state index in [-0.39, 0.29) is 5.60 Å². The second kappa shape index (κ2) is 10.4. The lowest BCUT2D eigenvalue weighted by Gasteiger charge is -2.56. The SMILES string of the molecule is CC(C)CCCCC1CCC2C1CCC1C2CC=C2CC(OC(C)(C)CC(C)C)CCC21C. The minimum Gasteiger partial charge on any atom is -0.372 e. The quantitative estimate of drug-likeness (QED) is 0.248. The van der Waals surface area contributed by atoms with Crippen LogP contribution < -0.4 is 0 Å². The second-order valence-corrected chi connectivity index (χ2v) is 14.4. The van der Waals surface area contributed by atoms with Gasteiger partial charge in [0.1, 0.15) is 0 Å². The Bertz CT molecular complexity index is 672. The summed E-state index contributed by atoms with van der Waals surface area (Å²) in [5.41, 5.74) is 2.25. The minimum atomic E-state index is 0.0103. The molecule has 0 aliphatic heterocycles. The van der Waals surface area contributed by atoms with Gasteiger partial charge in [0.05, 0.1) is 11.7 Å². The third-order valence-corrected chi connectivity index (χ3v) is 10.5. The molecule has 0 N–H and O–H groups in total. The molecule has 0 spiro atoms. The maximum absolute atomic E-state index is 6.72. The predicted octanol–water partition coefficient (Wildman–Crippen LogP) is 9.60. The fourth-order valence-electron chi connectivity index (χ4n) is 9.30. The van der Waals surface area contributed by atoms with Gasteiger partial charge in [-0.15, -0.1) is 0 Å². The van der Waals surface area contributed by atoms with Gasteiger partial charge in [0.2, 0.25) is 0 Å². The third kappa shape index (κ3) is 5.76. The zero-order chi connectivity index (χ0) is 23.8. The lowest BCUT2D eigenvalue weighted by molar-refractivity contribution is -0.104. The average Bonchev–Trinajstić information content (AvgIpc) is 3.13. The normalized spacial score (nSPS) is 38.8. The number of unbranched alkanes of at least 4 members (excludes halogenated alkanes) is 1. The molecule has 190 valence electrons. The molecular formula is C32H56O. The molecule has 0 aromatic carbocycles. The van der Waals surface area contributed by atoms with E-state index in [9.17, 15) is 0 Å². The first-order valence-electron chi connectivity index (χ1n) is 15.0. The van der Waals surface area contributed by atoms with Crippen molar-refractivity contribution in [2.45, 2.75) is 144 Å². The van der Waals surface area contributed by atoms with Gasteiger partial charge < -0.3 is 4.74 Å². The van der Waals surface area contributed by atoms with Crippen LogP contribution in [-0.4, -0.2) is 11.7 Å². The van der Waals surface area contributed by atoms with Crippen LogP contribution in [-0.2, 0) is 4.74 Å². The van der Waals surface area contributed by atoms with Crippen molar-refractivity contribution in [2.75, 3.05) is 0 Å². The Morgan fingerprint density at radius 2 is 1.70 bits per heavy atom. The molecule has 3 saturated carbocycles. The Labute approximate surface area is 206 Å². The molecule has 1 nitrogen and oxygen atoms in total. The van der Waals surface area contributed by atoms with Crippen molar-refractivity contribution in [3.63, 3.8) is 0 Å². The fraction of sp³-hybridized carbons (Fsp3) is 0.938. The molecule has 0 amide bonds.